The predicted octanol–water partition coefficient (Wildman–Crippen LogP) is 3.41. The van der Waals surface area contributed by atoms with E-state index in [1.165, 1.54) is 17.6 Å². The van der Waals surface area contributed by atoms with Gasteiger partial charge in [0, 0.05) is 0 Å². The molecule has 1 aliphatic rings. The van der Waals surface area contributed by atoms with Crippen molar-refractivity contribution in [3.8, 4) is 0 Å². The zero-order valence-corrected chi connectivity index (χ0v) is 7.85. The molecule has 1 rings (SSSR count). The Morgan fingerprint density at radius 1 is 1.27 bits per heavy atom. The highest BCUT2D eigenvalue weighted by Crippen LogP contribution is 2.49. The highest BCUT2D eigenvalue weighted by Gasteiger charge is 2.39. The Morgan fingerprint density at radius 2 is 1.82 bits per heavy atom. The largest absolute Gasteiger partial charge is 0.0998 e. The molecule has 0 nitrogen and oxygen atoms in total. The molecular weight excluding hydrogens is 132 g/mol. The van der Waals surface area contributed by atoms with Gasteiger partial charge in [0.05, 0.1) is 0 Å². The molecule has 0 amide bonds. The Bertz CT molecular complexity index is 186. The van der Waals surface area contributed by atoms with Crippen molar-refractivity contribution in [3.63, 3.8) is 0 Å². The van der Waals surface area contributed by atoms with Gasteiger partial charge in [-0.1, -0.05) is 38.2 Å². The van der Waals surface area contributed by atoms with Crippen LogP contribution in [0.5, 0.6) is 0 Å². The molecule has 1 saturated carbocycles. The molecule has 11 heavy (non-hydrogen) atoms. The van der Waals surface area contributed by atoms with Gasteiger partial charge >= 0.3 is 0 Å². The highest BCUT2D eigenvalue weighted by molar-refractivity contribution is 5.21. The van der Waals surface area contributed by atoms with Crippen molar-refractivity contribution in [1.29, 1.82) is 0 Å². The molecule has 0 heterocycles. The first-order valence-electron chi connectivity index (χ1n) is 4.38. The second kappa shape index (κ2) is 2.84. The van der Waals surface area contributed by atoms with Crippen molar-refractivity contribution in [2.24, 2.45) is 17.8 Å². The van der Waals surface area contributed by atoms with E-state index in [2.05, 4.69) is 33.9 Å². The fraction of sp³-hybridized carbons (Fsp3) is 0.636. The van der Waals surface area contributed by atoms with Crippen molar-refractivity contribution >= 4 is 0 Å². The molecule has 2 unspecified atom stereocenters. The van der Waals surface area contributed by atoms with Gasteiger partial charge < -0.3 is 0 Å². The Labute approximate surface area is 70.0 Å². The molecule has 2 atom stereocenters. The molecule has 62 valence electrons. The minimum atomic E-state index is 0.643. The standard InChI is InChI=1S/C11H18/c1-7(2)9(5)11-6-10(11)8(3)4/h7,10-11H,3,5-6H2,1-2,4H3. The molecule has 0 radical (unpaired) electrons. The molecule has 0 bridgehead atoms. The highest BCUT2D eigenvalue weighted by atomic mass is 14.4. The number of hydrogen-bond donors (Lipinski definition) is 0. The summed E-state index contributed by atoms with van der Waals surface area (Å²) >= 11 is 0. The van der Waals surface area contributed by atoms with Crippen LogP contribution in [0.3, 0.4) is 0 Å². The molecule has 1 aliphatic carbocycles. The van der Waals surface area contributed by atoms with Gasteiger partial charge in [-0.05, 0) is 31.1 Å². The fourth-order valence-corrected chi connectivity index (χ4v) is 1.58. The van der Waals surface area contributed by atoms with E-state index in [-0.39, 0.29) is 0 Å². The van der Waals surface area contributed by atoms with Crippen molar-refractivity contribution in [3.05, 3.63) is 24.3 Å². The number of allylic oxidation sites excluding steroid dienone is 2. The summed E-state index contributed by atoms with van der Waals surface area (Å²) in [5.41, 5.74) is 2.75. The summed E-state index contributed by atoms with van der Waals surface area (Å²) in [5, 5.41) is 0. The van der Waals surface area contributed by atoms with Crippen molar-refractivity contribution in [1.82, 2.24) is 0 Å². The first-order chi connectivity index (χ1) is 5.04. The monoisotopic (exact) mass is 150 g/mol. The first kappa shape index (κ1) is 8.58. The number of hydrogen-bond acceptors (Lipinski definition) is 0. The van der Waals surface area contributed by atoms with Crippen LogP contribution in [-0.4, -0.2) is 0 Å². The normalized spacial score (nSPS) is 28.7. The summed E-state index contributed by atoms with van der Waals surface area (Å²) in [5.74, 6) is 2.15. The van der Waals surface area contributed by atoms with Gasteiger partial charge in [0.25, 0.3) is 0 Å². The SMILES string of the molecule is C=C(C)C1CC1C(=C)C(C)C. The molecule has 0 saturated heterocycles. The van der Waals surface area contributed by atoms with E-state index in [9.17, 15) is 0 Å². The van der Waals surface area contributed by atoms with Crippen LogP contribution in [-0.2, 0) is 0 Å². The lowest BCUT2D eigenvalue weighted by molar-refractivity contribution is 0.689. The van der Waals surface area contributed by atoms with Crippen molar-refractivity contribution in [2.45, 2.75) is 27.2 Å². The quantitative estimate of drug-likeness (QED) is 0.541. The molecule has 0 aromatic carbocycles. The predicted molar refractivity (Wildman–Crippen MR) is 50.4 cm³/mol. The molecule has 0 aromatic rings. The molecule has 0 spiro atoms. The summed E-state index contributed by atoms with van der Waals surface area (Å²) in [4.78, 5) is 0. The molecule has 1 fully saturated rings. The average molecular weight is 150 g/mol. The molecular formula is C11H18. The second-order valence-corrected chi connectivity index (χ2v) is 4.02. The van der Waals surface area contributed by atoms with E-state index in [0.29, 0.717) is 5.92 Å². The zero-order chi connectivity index (χ0) is 8.59. The Balaban J connectivity index is 2.44. The van der Waals surface area contributed by atoms with E-state index in [1.807, 2.05) is 0 Å². The summed E-state index contributed by atoms with van der Waals surface area (Å²) in [6.07, 6.45) is 1.30. The lowest BCUT2D eigenvalue weighted by Gasteiger charge is -2.08. The Hall–Kier alpha value is -0.520. The van der Waals surface area contributed by atoms with Gasteiger partial charge in [0.2, 0.25) is 0 Å². The molecule has 0 aromatic heterocycles. The summed E-state index contributed by atoms with van der Waals surface area (Å²) in [6, 6.07) is 0. The van der Waals surface area contributed by atoms with E-state index in [4.69, 9.17) is 0 Å². The molecule has 0 N–H and O–H groups in total. The maximum atomic E-state index is 4.11. The summed E-state index contributed by atoms with van der Waals surface area (Å²) in [7, 11) is 0. The van der Waals surface area contributed by atoms with E-state index >= 15 is 0 Å². The Morgan fingerprint density at radius 3 is 2.09 bits per heavy atom. The van der Waals surface area contributed by atoms with Crippen LogP contribution in [0, 0.1) is 17.8 Å². The lowest BCUT2D eigenvalue weighted by atomic mass is 9.98. The van der Waals surface area contributed by atoms with Gasteiger partial charge in [-0.3, -0.25) is 0 Å². The Kier molecular flexibility index (Phi) is 2.22. The molecule has 0 heteroatoms. The minimum absolute atomic E-state index is 0.643. The van der Waals surface area contributed by atoms with Gasteiger partial charge in [-0.2, -0.15) is 0 Å². The first-order valence-corrected chi connectivity index (χ1v) is 4.38. The maximum absolute atomic E-state index is 4.11. The van der Waals surface area contributed by atoms with Crippen LogP contribution in [0.2, 0.25) is 0 Å². The summed E-state index contributed by atoms with van der Waals surface area (Å²) in [6.45, 7) is 14.6. The van der Waals surface area contributed by atoms with Crippen LogP contribution in [0.1, 0.15) is 27.2 Å². The second-order valence-electron chi connectivity index (χ2n) is 4.02. The van der Waals surface area contributed by atoms with Crippen molar-refractivity contribution < 1.29 is 0 Å². The average Bonchev–Trinajstić information content (AvgIpc) is 2.63. The van der Waals surface area contributed by atoms with Crippen molar-refractivity contribution in [2.75, 3.05) is 0 Å². The van der Waals surface area contributed by atoms with Crippen LogP contribution < -0.4 is 0 Å². The minimum Gasteiger partial charge on any atom is -0.0998 e. The van der Waals surface area contributed by atoms with Gasteiger partial charge in [0.15, 0.2) is 0 Å². The van der Waals surface area contributed by atoms with E-state index in [0.717, 1.165) is 11.8 Å². The van der Waals surface area contributed by atoms with Gasteiger partial charge in [0.1, 0.15) is 0 Å². The maximum Gasteiger partial charge on any atom is -0.0132 e. The third-order valence-corrected chi connectivity index (χ3v) is 2.64. The molecule has 0 aliphatic heterocycles. The smallest absolute Gasteiger partial charge is 0.0132 e. The zero-order valence-electron chi connectivity index (χ0n) is 7.85. The van der Waals surface area contributed by atoms with Crippen LogP contribution in [0.25, 0.3) is 0 Å². The third-order valence-electron chi connectivity index (χ3n) is 2.64. The van der Waals surface area contributed by atoms with Gasteiger partial charge in [-0.25, -0.2) is 0 Å². The topological polar surface area (TPSA) is 0 Å². The van der Waals surface area contributed by atoms with Crippen LogP contribution >= 0.6 is 0 Å². The number of rotatable bonds is 3. The fourth-order valence-electron chi connectivity index (χ4n) is 1.58. The lowest BCUT2D eigenvalue weighted by Crippen LogP contribution is -1.96. The summed E-state index contributed by atoms with van der Waals surface area (Å²) < 4.78 is 0. The third kappa shape index (κ3) is 1.74. The van der Waals surface area contributed by atoms with E-state index in [1.54, 1.807) is 0 Å². The van der Waals surface area contributed by atoms with Crippen LogP contribution in [0.4, 0.5) is 0 Å². The van der Waals surface area contributed by atoms with Crippen LogP contribution in [0.15, 0.2) is 24.3 Å². The van der Waals surface area contributed by atoms with E-state index < -0.39 is 0 Å². The van der Waals surface area contributed by atoms with Gasteiger partial charge in [-0.15, -0.1) is 0 Å².